The van der Waals surface area contributed by atoms with Crippen molar-refractivity contribution in [2.24, 2.45) is 5.73 Å². The zero-order valence-corrected chi connectivity index (χ0v) is 10.7. The number of ether oxygens (including phenoxy) is 1. The number of rotatable bonds is 5. The Morgan fingerprint density at radius 2 is 1.81 bits per heavy atom. The lowest BCUT2D eigenvalue weighted by atomic mass is 10.1. The van der Waals surface area contributed by atoms with E-state index in [1.54, 1.807) is 13.8 Å². The van der Waals surface area contributed by atoms with Gasteiger partial charge in [0.2, 0.25) is 5.91 Å². The molecule has 0 heterocycles. The molecule has 0 fully saturated rings. The number of primary amides is 1. The number of nitrogens with one attached hydrogen (secondary N) is 1. The maximum atomic E-state index is 11.6. The van der Waals surface area contributed by atoms with Crippen molar-refractivity contribution in [2.75, 3.05) is 0 Å². The summed E-state index contributed by atoms with van der Waals surface area (Å²) >= 11 is 0. The van der Waals surface area contributed by atoms with Crippen molar-refractivity contribution in [2.45, 2.75) is 58.7 Å². The molecule has 0 aromatic carbocycles. The van der Waals surface area contributed by atoms with Crippen LogP contribution in [0, 0.1) is 0 Å². The predicted octanol–water partition coefficient (Wildman–Crippen LogP) is 0.570. The molecule has 0 radical (unpaired) electrons. The molecule has 0 saturated carbocycles. The molecule has 94 valence electrons. The second-order valence-electron chi connectivity index (χ2n) is 4.99. The monoisotopic (exact) mass is 230 g/mol. The minimum atomic E-state index is -0.500. The number of nitrogens with two attached hydrogens (primary N) is 1. The highest BCUT2D eigenvalue weighted by molar-refractivity contribution is 5.76. The molecule has 0 bridgehead atoms. The van der Waals surface area contributed by atoms with E-state index in [1.165, 1.54) is 0 Å². The highest BCUT2D eigenvalue weighted by atomic mass is 16.6. The summed E-state index contributed by atoms with van der Waals surface area (Å²) in [6, 6.07) is -0.589. The van der Waals surface area contributed by atoms with Gasteiger partial charge < -0.3 is 15.8 Å². The second-order valence-corrected chi connectivity index (χ2v) is 4.99. The van der Waals surface area contributed by atoms with Gasteiger partial charge in [0.15, 0.2) is 0 Å². The highest BCUT2D eigenvalue weighted by Gasteiger charge is 2.22. The van der Waals surface area contributed by atoms with E-state index in [0.29, 0.717) is 0 Å². The van der Waals surface area contributed by atoms with E-state index in [4.69, 9.17) is 10.5 Å². The number of carbonyl (C=O) groups is 2. The van der Waals surface area contributed by atoms with Crippen LogP contribution < -0.4 is 11.1 Å². The van der Waals surface area contributed by atoms with Crippen LogP contribution in [0.15, 0.2) is 0 Å². The van der Waals surface area contributed by atoms with Crippen molar-refractivity contribution in [3.05, 3.63) is 0 Å². The quantitative estimate of drug-likeness (QED) is 0.676. The SMILES string of the molecule is CC(CC(N)=O)N[C@H](C)C(=O)OC(C)(C)C. The molecule has 1 unspecified atom stereocenters. The van der Waals surface area contributed by atoms with Gasteiger partial charge in [-0.3, -0.25) is 9.59 Å². The van der Waals surface area contributed by atoms with Gasteiger partial charge in [-0.25, -0.2) is 0 Å². The summed E-state index contributed by atoms with van der Waals surface area (Å²) in [5.74, 6) is -0.722. The molecule has 0 aliphatic heterocycles. The maximum Gasteiger partial charge on any atom is 0.323 e. The number of esters is 1. The molecule has 16 heavy (non-hydrogen) atoms. The molecule has 0 aromatic heterocycles. The average Bonchev–Trinajstić information content (AvgIpc) is 1.98. The minimum Gasteiger partial charge on any atom is -0.459 e. The molecule has 1 amide bonds. The van der Waals surface area contributed by atoms with Gasteiger partial charge in [-0.2, -0.15) is 0 Å². The summed E-state index contributed by atoms with van der Waals surface area (Å²) in [6.45, 7) is 8.93. The summed E-state index contributed by atoms with van der Waals surface area (Å²) in [5, 5.41) is 2.96. The van der Waals surface area contributed by atoms with Crippen molar-refractivity contribution in [3.63, 3.8) is 0 Å². The van der Waals surface area contributed by atoms with Gasteiger partial charge in [-0.05, 0) is 34.6 Å². The Labute approximate surface area is 96.7 Å². The largest absolute Gasteiger partial charge is 0.459 e. The van der Waals surface area contributed by atoms with E-state index in [2.05, 4.69) is 5.32 Å². The Morgan fingerprint density at radius 1 is 1.31 bits per heavy atom. The fourth-order valence-corrected chi connectivity index (χ4v) is 1.25. The van der Waals surface area contributed by atoms with Crippen LogP contribution in [0.25, 0.3) is 0 Å². The molecule has 0 saturated heterocycles. The number of hydrogen-bond donors (Lipinski definition) is 2. The molecular formula is C11H22N2O3. The topological polar surface area (TPSA) is 81.4 Å². The molecule has 0 aliphatic carbocycles. The van der Waals surface area contributed by atoms with Gasteiger partial charge in [0.1, 0.15) is 11.6 Å². The van der Waals surface area contributed by atoms with Crippen LogP contribution in [0.4, 0.5) is 0 Å². The lowest BCUT2D eigenvalue weighted by Crippen LogP contribution is -2.44. The molecule has 0 aromatic rings. The van der Waals surface area contributed by atoms with Gasteiger partial charge in [0, 0.05) is 12.5 Å². The zero-order chi connectivity index (χ0) is 12.9. The standard InChI is InChI=1S/C11H22N2O3/c1-7(6-9(12)14)13-8(2)10(15)16-11(3,4)5/h7-8,13H,6H2,1-5H3,(H2,12,14)/t7?,8-/m1/s1. The van der Waals surface area contributed by atoms with Crippen molar-refractivity contribution in [3.8, 4) is 0 Å². The molecule has 5 nitrogen and oxygen atoms in total. The maximum absolute atomic E-state index is 11.6. The predicted molar refractivity (Wildman–Crippen MR) is 61.7 cm³/mol. The molecule has 0 spiro atoms. The van der Waals surface area contributed by atoms with Gasteiger partial charge in [0.05, 0.1) is 0 Å². The fraction of sp³-hybridized carbons (Fsp3) is 0.818. The van der Waals surface area contributed by atoms with Crippen molar-refractivity contribution >= 4 is 11.9 Å². The molecule has 3 N–H and O–H groups in total. The number of carbonyl (C=O) groups excluding carboxylic acids is 2. The first kappa shape index (κ1) is 14.9. The molecule has 2 atom stereocenters. The Kier molecular flexibility index (Phi) is 5.44. The third-order valence-corrected chi connectivity index (χ3v) is 1.80. The first-order valence-corrected chi connectivity index (χ1v) is 5.39. The summed E-state index contributed by atoms with van der Waals surface area (Å²) in [6.07, 6.45) is 0.202. The molecule has 0 rings (SSSR count). The molecular weight excluding hydrogens is 208 g/mol. The summed E-state index contributed by atoms with van der Waals surface area (Å²) < 4.78 is 5.19. The van der Waals surface area contributed by atoms with Crippen LogP contribution in [0.5, 0.6) is 0 Å². The van der Waals surface area contributed by atoms with Gasteiger partial charge in [-0.15, -0.1) is 0 Å². The Bertz CT molecular complexity index is 258. The van der Waals surface area contributed by atoms with Crippen LogP contribution in [0.2, 0.25) is 0 Å². The third-order valence-electron chi connectivity index (χ3n) is 1.80. The lowest BCUT2D eigenvalue weighted by molar-refractivity contribution is -0.157. The Morgan fingerprint density at radius 3 is 2.19 bits per heavy atom. The van der Waals surface area contributed by atoms with Crippen LogP contribution in [-0.4, -0.2) is 29.6 Å². The summed E-state index contributed by atoms with van der Waals surface area (Å²) in [4.78, 5) is 22.2. The number of hydrogen-bond acceptors (Lipinski definition) is 4. The first-order chi connectivity index (χ1) is 7.11. The Hall–Kier alpha value is -1.10. The van der Waals surface area contributed by atoms with E-state index in [0.717, 1.165) is 0 Å². The first-order valence-electron chi connectivity index (χ1n) is 5.39. The normalized spacial score (nSPS) is 15.3. The van der Waals surface area contributed by atoms with Gasteiger partial charge in [-0.1, -0.05) is 0 Å². The van der Waals surface area contributed by atoms with Gasteiger partial charge >= 0.3 is 5.97 Å². The molecule has 0 aliphatic rings. The van der Waals surface area contributed by atoms with Crippen molar-refractivity contribution in [1.82, 2.24) is 5.32 Å². The van der Waals surface area contributed by atoms with Crippen molar-refractivity contribution in [1.29, 1.82) is 0 Å². The van der Waals surface area contributed by atoms with E-state index in [9.17, 15) is 9.59 Å². The average molecular weight is 230 g/mol. The van der Waals surface area contributed by atoms with Crippen LogP contribution in [0.3, 0.4) is 0 Å². The van der Waals surface area contributed by atoms with Gasteiger partial charge in [0.25, 0.3) is 0 Å². The number of amides is 1. The minimum absolute atomic E-state index is 0.139. The summed E-state index contributed by atoms with van der Waals surface area (Å²) in [5.41, 5.74) is 4.55. The highest BCUT2D eigenvalue weighted by Crippen LogP contribution is 2.08. The van der Waals surface area contributed by atoms with E-state index >= 15 is 0 Å². The smallest absolute Gasteiger partial charge is 0.323 e. The van der Waals surface area contributed by atoms with Crippen LogP contribution in [-0.2, 0) is 14.3 Å². The molecule has 5 heteroatoms. The zero-order valence-electron chi connectivity index (χ0n) is 10.7. The van der Waals surface area contributed by atoms with E-state index in [-0.39, 0.29) is 18.4 Å². The lowest BCUT2D eigenvalue weighted by Gasteiger charge is -2.24. The Balaban J connectivity index is 4.10. The fourth-order valence-electron chi connectivity index (χ4n) is 1.25. The van der Waals surface area contributed by atoms with E-state index in [1.807, 2.05) is 20.8 Å². The van der Waals surface area contributed by atoms with Crippen LogP contribution >= 0.6 is 0 Å². The van der Waals surface area contributed by atoms with Crippen molar-refractivity contribution < 1.29 is 14.3 Å². The third kappa shape index (κ3) is 7.23. The second kappa shape index (κ2) is 5.84. The summed E-state index contributed by atoms with van der Waals surface area (Å²) in [7, 11) is 0. The van der Waals surface area contributed by atoms with E-state index < -0.39 is 17.6 Å². The van der Waals surface area contributed by atoms with Crippen LogP contribution in [0.1, 0.15) is 41.0 Å².